The summed E-state index contributed by atoms with van der Waals surface area (Å²) in [6.45, 7) is 16.8. The van der Waals surface area contributed by atoms with E-state index < -0.39 is 0 Å². The largest absolute Gasteiger partial charge is 0.289 e. The Bertz CT molecular complexity index is 569. The van der Waals surface area contributed by atoms with Gasteiger partial charge in [0.1, 0.15) is 0 Å². The molecule has 0 unspecified atom stereocenters. The molecule has 0 heterocycles. The first-order valence-corrected chi connectivity index (χ1v) is 8.54. The van der Waals surface area contributed by atoms with E-state index in [0.717, 1.165) is 23.1 Å². The zero-order valence-corrected chi connectivity index (χ0v) is 16.1. The normalized spacial score (nSPS) is 17.5. The number of hydrogen-bond acceptors (Lipinski definition) is 1. The van der Waals surface area contributed by atoms with Crippen molar-refractivity contribution in [1.29, 1.82) is 0 Å². The lowest BCUT2D eigenvalue weighted by atomic mass is 9.72. The fraction of sp³-hybridized carbons (Fsp3) is 0.500. The van der Waals surface area contributed by atoms with Gasteiger partial charge in [-0.3, -0.25) is 4.79 Å². The molecule has 0 N–H and O–H groups in total. The highest BCUT2D eigenvalue weighted by molar-refractivity contribution is 6.11. The highest BCUT2D eigenvalue weighted by Crippen LogP contribution is 2.39. The standard InChI is InChI=1S/C22H32O/c1-9-11-16(12-10-2)13-17-14-18(21(3,4)5)20(23)19(15-17)22(6,7)8/h9,11-15H,10H2,1-8H3/b11-9-,16-12+. The van der Waals surface area contributed by atoms with E-state index in [9.17, 15) is 4.79 Å². The number of rotatable bonds is 3. The van der Waals surface area contributed by atoms with Crippen molar-refractivity contribution >= 4 is 5.78 Å². The second-order valence-electron chi connectivity index (χ2n) is 8.20. The molecule has 0 fully saturated rings. The van der Waals surface area contributed by atoms with Crippen LogP contribution in [0.2, 0.25) is 0 Å². The van der Waals surface area contributed by atoms with Gasteiger partial charge < -0.3 is 0 Å². The second-order valence-corrected chi connectivity index (χ2v) is 8.20. The van der Waals surface area contributed by atoms with E-state index in [-0.39, 0.29) is 16.6 Å². The molecule has 1 rings (SSSR count). The van der Waals surface area contributed by atoms with Crippen molar-refractivity contribution in [3.63, 3.8) is 0 Å². The third-order valence-electron chi connectivity index (χ3n) is 3.86. The Morgan fingerprint density at radius 3 is 1.83 bits per heavy atom. The number of ketones is 1. The van der Waals surface area contributed by atoms with Crippen LogP contribution in [0, 0.1) is 10.8 Å². The van der Waals surface area contributed by atoms with Gasteiger partial charge in [-0.25, -0.2) is 0 Å². The van der Waals surface area contributed by atoms with Crippen molar-refractivity contribution in [1.82, 2.24) is 0 Å². The third-order valence-corrected chi connectivity index (χ3v) is 3.86. The molecule has 0 aromatic carbocycles. The minimum absolute atomic E-state index is 0.157. The number of carbonyl (C=O) groups excluding carboxylic acids is 1. The van der Waals surface area contributed by atoms with Crippen LogP contribution in [0.5, 0.6) is 0 Å². The van der Waals surface area contributed by atoms with Crippen molar-refractivity contribution in [2.75, 3.05) is 0 Å². The minimum Gasteiger partial charge on any atom is -0.289 e. The van der Waals surface area contributed by atoms with Crippen LogP contribution in [-0.4, -0.2) is 5.78 Å². The summed E-state index contributed by atoms with van der Waals surface area (Å²) in [6, 6.07) is 0. The molecule has 0 radical (unpaired) electrons. The molecule has 0 saturated carbocycles. The van der Waals surface area contributed by atoms with Crippen LogP contribution < -0.4 is 0 Å². The molecule has 0 atom stereocenters. The molecule has 0 saturated heterocycles. The fourth-order valence-corrected chi connectivity index (χ4v) is 2.64. The van der Waals surface area contributed by atoms with E-state index >= 15 is 0 Å². The average molecular weight is 312 g/mol. The van der Waals surface area contributed by atoms with Crippen molar-refractivity contribution in [3.8, 4) is 0 Å². The van der Waals surface area contributed by atoms with Crippen LogP contribution in [0.15, 0.2) is 58.7 Å². The Balaban J connectivity index is 3.50. The molecular formula is C22H32O. The number of Topliss-reactive ketones (excluding diaryl/α,β-unsaturated/α-hetero) is 1. The first-order chi connectivity index (χ1) is 10.5. The molecule has 1 heteroatoms. The summed E-state index contributed by atoms with van der Waals surface area (Å²) in [7, 11) is 0. The predicted molar refractivity (Wildman–Crippen MR) is 101 cm³/mol. The molecule has 0 aromatic heterocycles. The minimum atomic E-state index is -0.157. The van der Waals surface area contributed by atoms with Gasteiger partial charge >= 0.3 is 0 Å². The monoisotopic (exact) mass is 312 g/mol. The Hall–Kier alpha value is -1.63. The second kappa shape index (κ2) is 7.29. The first-order valence-electron chi connectivity index (χ1n) is 8.54. The summed E-state index contributed by atoms with van der Waals surface area (Å²) in [5.74, 6) is 0.189. The molecule has 126 valence electrons. The van der Waals surface area contributed by atoms with E-state index in [4.69, 9.17) is 0 Å². The molecule has 23 heavy (non-hydrogen) atoms. The van der Waals surface area contributed by atoms with E-state index in [1.54, 1.807) is 0 Å². The SMILES string of the molecule is C/C=C\C(C=C1C=C(C(C)(C)C)C(=O)C(C(C)(C)C)=C1)=C/CC. The summed E-state index contributed by atoms with van der Waals surface area (Å²) in [5, 5.41) is 0. The average Bonchev–Trinajstić information content (AvgIpc) is 2.38. The van der Waals surface area contributed by atoms with Gasteiger partial charge in [-0.1, -0.05) is 66.7 Å². The molecule has 0 amide bonds. The van der Waals surface area contributed by atoms with Gasteiger partial charge in [-0.05, 0) is 53.5 Å². The van der Waals surface area contributed by atoms with E-state index in [0.29, 0.717) is 0 Å². The lowest BCUT2D eigenvalue weighted by molar-refractivity contribution is -0.114. The van der Waals surface area contributed by atoms with Crippen molar-refractivity contribution < 1.29 is 4.79 Å². The quantitative estimate of drug-likeness (QED) is 0.555. The van der Waals surface area contributed by atoms with Gasteiger partial charge in [-0.15, -0.1) is 0 Å². The maximum Gasteiger partial charge on any atom is 0.186 e. The van der Waals surface area contributed by atoms with Crippen LogP contribution in [0.3, 0.4) is 0 Å². The molecule has 0 spiro atoms. The van der Waals surface area contributed by atoms with Gasteiger partial charge in [0.05, 0.1) is 0 Å². The molecule has 0 bridgehead atoms. The zero-order valence-electron chi connectivity index (χ0n) is 16.1. The van der Waals surface area contributed by atoms with E-state index in [2.05, 4.69) is 84.9 Å². The van der Waals surface area contributed by atoms with Crippen molar-refractivity contribution in [2.45, 2.75) is 61.8 Å². The lowest BCUT2D eigenvalue weighted by Gasteiger charge is -2.31. The Morgan fingerprint density at radius 2 is 1.48 bits per heavy atom. The fourth-order valence-electron chi connectivity index (χ4n) is 2.64. The Morgan fingerprint density at radius 1 is 1.00 bits per heavy atom. The highest BCUT2D eigenvalue weighted by Gasteiger charge is 2.33. The van der Waals surface area contributed by atoms with Gasteiger partial charge in [0.15, 0.2) is 5.78 Å². The predicted octanol–water partition coefficient (Wildman–Crippen LogP) is 6.35. The highest BCUT2D eigenvalue weighted by atomic mass is 16.1. The van der Waals surface area contributed by atoms with Crippen molar-refractivity contribution in [3.05, 3.63) is 58.7 Å². The molecule has 1 aliphatic carbocycles. The van der Waals surface area contributed by atoms with Crippen LogP contribution in [0.25, 0.3) is 0 Å². The Kier molecular flexibility index (Phi) is 6.16. The van der Waals surface area contributed by atoms with Gasteiger partial charge in [0.2, 0.25) is 0 Å². The maximum absolute atomic E-state index is 12.9. The van der Waals surface area contributed by atoms with Gasteiger partial charge in [0, 0.05) is 11.1 Å². The molecule has 1 nitrogen and oxygen atoms in total. The van der Waals surface area contributed by atoms with Crippen molar-refractivity contribution in [2.24, 2.45) is 10.8 Å². The number of carbonyl (C=O) groups is 1. The smallest absolute Gasteiger partial charge is 0.186 e. The molecular weight excluding hydrogens is 280 g/mol. The number of allylic oxidation sites excluding steroid dienone is 10. The topological polar surface area (TPSA) is 17.1 Å². The van der Waals surface area contributed by atoms with E-state index in [1.165, 1.54) is 5.57 Å². The summed E-state index contributed by atoms with van der Waals surface area (Å²) in [6.07, 6.45) is 13.7. The van der Waals surface area contributed by atoms with Crippen LogP contribution in [0.1, 0.15) is 61.8 Å². The third kappa shape index (κ3) is 5.20. The lowest BCUT2D eigenvalue weighted by Crippen LogP contribution is -2.27. The molecule has 0 aromatic rings. The van der Waals surface area contributed by atoms with E-state index in [1.807, 2.05) is 6.92 Å². The molecule has 1 aliphatic rings. The summed E-state index contributed by atoms with van der Waals surface area (Å²) in [4.78, 5) is 12.9. The van der Waals surface area contributed by atoms with Crippen LogP contribution >= 0.6 is 0 Å². The maximum atomic E-state index is 12.9. The Labute approximate surface area is 142 Å². The number of hydrogen-bond donors (Lipinski definition) is 0. The summed E-state index contributed by atoms with van der Waals surface area (Å²) < 4.78 is 0. The first kappa shape index (κ1) is 19.4. The summed E-state index contributed by atoms with van der Waals surface area (Å²) in [5.41, 5.74) is 3.78. The van der Waals surface area contributed by atoms with Gasteiger partial charge in [-0.2, -0.15) is 0 Å². The summed E-state index contributed by atoms with van der Waals surface area (Å²) >= 11 is 0. The molecule has 0 aliphatic heterocycles. The van der Waals surface area contributed by atoms with Crippen LogP contribution in [0.4, 0.5) is 0 Å². The van der Waals surface area contributed by atoms with Crippen LogP contribution in [-0.2, 0) is 4.79 Å². The zero-order chi connectivity index (χ0) is 17.8. The van der Waals surface area contributed by atoms with Gasteiger partial charge in [0.25, 0.3) is 0 Å².